The Morgan fingerprint density at radius 1 is 0.604 bits per heavy atom. The molecule has 0 nitrogen and oxygen atoms in total. The van der Waals surface area contributed by atoms with Crippen molar-refractivity contribution in [2.75, 3.05) is 0 Å². The van der Waals surface area contributed by atoms with Crippen LogP contribution >= 0.6 is 17.0 Å². The average Bonchev–Trinajstić information content (AvgIpc) is 3.64. The van der Waals surface area contributed by atoms with Crippen LogP contribution in [0.1, 0.15) is 146 Å². The maximum atomic E-state index is 8.91. The van der Waals surface area contributed by atoms with E-state index < -0.39 is 21.5 Å². The van der Waals surface area contributed by atoms with Gasteiger partial charge in [-0.2, -0.15) is 0 Å². The molecule has 0 N–H and O–H groups in total. The standard InChI is InChI=1S/2C21H25.C2H7Si.2ClH.Zr/c2*1-21(2,3)13-12-17-10-7-11-18-14-19(15-20(17)18)16-8-5-4-6-9-16;1-3-2;;;/h2*7,10-11,14-16H,4-6,8-9H2,1-3H3;3H,1-2H3;2*1H;/q;;;;;+2/p-2. The van der Waals surface area contributed by atoms with Crippen molar-refractivity contribution in [2.24, 2.45) is 22.7 Å². The summed E-state index contributed by atoms with van der Waals surface area (Å²) < 4.78 is 0.256. The fourth-order valence-electron chi connectivity index (χ4n) is 9.22. The summed E-state index contributed by atoms with van der Waals surface area (Å²) in [6.45, 7) is 18.2. The molecule has 2 atom stereocenters. The normalized spacial score (nSPS) is 22.8. The van der Waals surface area contributed by atoms with Gasteiger partial charge < -0.3 is 0 Å². The second kappa shape index (κ2) is 13.7. The van der Waals surface area contributed by atoms with Crippen LogP contribution in [0, 0.1) is 46.3 Å². The predicted octanol–water partition coefficient (Wildman–Crippen LogP) is 13.2. The zero-order valence-corrected chi connectivity index (χ0v) is 36.0. The van der Waals surface area contributed by atoms with E-state index >= 15 is 0 Å². The molecule has 2 saturated carbocycles. The van der Waals surface area contributed by atoms with Crippen LogP contribution in [0.15, 0.2) is 47.5 Å². The Hall–Kier alpha value is -1.28. The van der Waals surface area contributed by atoms with Gasteiger partial charge in [-0.3, -0.25) is 0 Å². The number of hydrogen-bond acceptors (Lipinski definition) is 0. The zero-order valence-electron chi connectivity index (χ0n) is 30.8. The molecule has 4 aliphatic carbocycles. The molecule has 0 aromatic heterocycles. The monoisotopic (exact) mass is 773 g/mol. The van der Waals surface area contributed by atoms with Gasteiger partial charge in [-0.15, -0.1) is 0 Å². The van der Waals surface area contributed by atoms with Gasteiger partial charge in [0.2, 0.25) is 0 Å². The molecule has 0 spiro atoms. The van der Waals surface area contributed by atoms with Crippen molar-refractivity contribution in [3.05, 3.63) is 80.9 Å². The molecule has 0 saturated heterocycles. The molecule has 4 aliphatic rings. The van der Waals surface area contributed by atoms with Crippen molar-refractivity contribution in [1.29, 1.82) is 0 Å². The second-order valence-corrected chi connectivity index (χ2v) is 60.3. The molecule has 48 heavy (non-hydrogen) atoms. The van der Waals surface area contributed by atoms with E-state index in [2.05, 4.69) is 127 Å². The molecule has 4 heteroatoms. The molecule has 6 rings (SSSR count). The summed E-state index contributed by atoms with van der Waals surface area (Å²) in [5.41, 5.74) is 10.7. The molecule has 2 aromatic carbocycles. The van der Waals surface area contributed by atoms with Crippen molar-refractivity contribution in [1.82, 2.24) is 0 Å². The van der Waals surface area contributed by atoms with Gasteiger partial charge in [0.1, 0.15) is 0 Å². The topological polar surface area (TPSA) is 0 Å². The maximum absolute atomic E-state index is 8.91. The first kappa shape index (κ1) is 36.5. The third-order valence-electron chi connectivity index (χ3n) is 11.7. The average molecular weight is 776 g/mol. The quantitative estimate of drug-likeness (QED) is 0.210. The molecule has 0 bridgehead atoms. The van der Waals surface area contributed by atoms with E-state index in [1.54, 1.807) is 11.1 Å². The van der Waals surface area contributed by atoms with E-state index in [1.165, 1.54) is 86.5 Å². The molecular formula is C44H57Cl2SiZr. The van der Waals surface area contributed by atoms with Gasteiger partial charge in [-0.05, 0) is 0 Å². The van der Waals surface area contributed by atoms with Crippen molar-refractivity contribution in [2.45, 2.75) is 126 Å². The molecule has 0 radical (unpaired) electrons. The number of hydrogen-bond donors (Lipinski definition) is 0. The van der Waals surface area contributed by atoms with Gasteiger partial charge in [0, 0.05) is 0 Å². The molecule has 2 aromatic rings. The Labute approximate surface area is 301 Å². The summed E-state index contributed by atoms with van der Waals surface area (Å²) in [5.74, 6) is 13.8. The number of benzene rings is 2. The van der Waals surface area contributed by atoms with Crippen LogP contribution in [0.5, 0.6) is 0 Å². The van der Waals surface area contributed by atoms with Crippen LogP contribution in [0.25, 0.3) is 12.2 Å². The number of halogens is 2. The second-order valence-electron chi connectivity index (χ2n) is 17.8. The van der Waals surface area contributed by atoms with Gasteiger partial charge in [-0.1, -0.05) is 0 Å². The van der Waals surface area contributed by atoms with Gasteiger partial charge in [-0.25, -0.2) is 0 Å². The van der Waals surface area contributed by atoms with Crippen molar-refractivity contribution >= 4 is 35.1 Å². The third-order valence-corrected chi connectivity index (χ3v) is 63.4. The van der Waals surface area contributed by atoms with E-state index in [9.17, 15) is 0 Å². The summed E-state index contributed by atoms with van der Waals surface area (Å²) >= 11 is -4.92. The third kappa shape index (κ3) is 6.97. The van der Waals surface area contributed by atoms with E-state index in [0.29, 0.717) is 11.8 Å². The minimum atomic E-state index is -4.92. The number of rotatable bonds is 5. The Morgan fingerprint density at radius 2 is 0.979 bits per heavy atom. The fraction of sp³-hybridized carbons (Fsp3) is 0.545. The van der Waals surface area contributed by atoms with Crippen LogP contribution in [-0.4, -0.2) is 5.92 Å². The number of fused-ring (bicyclic) bond motifs is 2. The fourth-order valence-corrected chi connectivity index (χ4v) is 40.2. The predicted molar refractivity (Wildman–Crippen MR) is 211 cm³/mol. The van der Waals surface area contributed by atoms with Crippen LogP contribution in [-0.2, 0) is 15.6 Å². The molecule has 0 heterocycles. The van der Waals surface area contributed by atoms with E-state index in [-0.39, 0.29) is 18.1 Å². The van der Waals surface area contributed by atoms with Crippen molar-refractivity contribution in [3.63, 3.8) is 0 Å². The molecular weight excluding hydrogens is 719 g/mol. The molecule has 0 amide bonds. The SMILES string of the molecule is C[SiH](C)[Zr]([Cl])([Cl])([CH]1C(C2CCCCC2)=Cc2c(C#CC(C)(C)C)cccc21)[CH]1C(C2CCCCC2)=Cc2c(C#CC(C)(C)C)cccc21. The molecule has 0 aliphatic heterocycles. The van der Waals surface area contributed by atoms with Crippen LogP contribution in [0.2, 0.25) is 13.1 Å². The Kier molecular flexibility index (Phi) is 10.4. The molecule has 2 unspecified atom stereocenters. The van der Waals surface area contributed by atoms with Gasteiger partial charge >= 0.3 is 304 Å². The summed E-state index contributed by atoms with van der Waals surface area (Å²) in [4.78, 5) is 0. The first-order valence-corrected chi connectivity index (χ1v) is 35.2. The van der Waals surface area contributed by atoms with E-state index in [0.717, 1.165) is 11.1 Å². The van der Waals surface area contributed by atoms with Crippen LogP contribution in [0.3, 0.4) is 0 Å². The summed E-state index contributed by atoms with van der Waals surface area (Å²) in [5, 5.41) is 0. The Morgan fingerprint density at radius 3 is 1.31 bits per heavy atom. The first-order valence-electron chi connectivity index (χ1n) is 18.9. The van der Waals surface area contributed by atoms with E-state index in [1.807, 2.05) is 0 Å². The van der Waals surface area contributed by atoms with Crippen molar-refractivity contribution in [3.8, 4) is 23.7 Å². The number of allylic oxidation sites excluding steroid dienone is 2. The Balaban J connectivity index is 1.61. The van der Waals surface area contributed by atoms with Gasteiger partial charge in [0.15, 0.2) is 0 Å². The van der Waals surface area contributed by atoms with Gasteiger partial charge in [0.05, 0.1) is 0 Å². The summed E-state index contributed by atoms with van der Waals surface area (Å²) in [7, 11) is 17.8. The summed E-state index contributed by atoms with van der Waals surface area (Å²) in [6, 6.07) is 13.7. The minimum absolute atomic E-state index is 0.0640. The zero-order chi connectivity index (χ0) is 34.5. The molecule has 255 valence electrons. The van der Waals surface area contributed by atoms with E-state index in [4.69, 9.17) is 17.0 Å². The first-order chi connectivity index (χ1) is 22.6. The summed E-state index contributed by atoms with van der Waals surface area (Å²) in [6.07, 6.45) is 18.0. The van der Waals surface area contributed by atoms with Crippen LogP contribution < -0.4 is 0 Å². The van der Waals surface area contributed by atoms with Crippen molar-refractivity contribution < 1.29 is 15.6 Å². The van der Waals surface area contributed by atoms with Crippen LogP contribution in [0.4, 0.5) is 0 Å². The van der Waals surface area contributed by atoms with Gasteiger partial charge in [0.25, 0.3) is 0 Å². The Bertz CT molecular complexity index is 1620. The molecule has 2 fully saturated rings.